The monoisotopic (exact) mass is 199 g/mol. The number of nitrogens with zero attached hydrogens (tertiary/aromatic N) is 3. The van der Waals surface area contributed by atoms with E-state index in [-0.39, 0.29) is 0 Å². The molecule has 15 heavy (non-hydrogen) atoms. The van der Waals surface area contributed by atoms with Crippen molar-refractivity contribution in [2.24, 2.45) is 0 Å². The highest BCUT2D eigenvalue weighted by atomic mass is 15.1. The van der Waals surface area contributed by atoms with Crippen molar-refractivity contribution in [2.75, 3.05) is 7.05 Å². The van der Waals surface area contributed by atoms with Crippen LogP contribution in [0.4, 0.5) is 0 Å². The number of aryl methyl sites for hydroxylation is 1. The maximum Gasteiger partial charge on any atom is 0.186 e. The molecule has 0 aliphatic heterocycles. The van der Waals surface area contributed by atoms with Crippen molar-refractivity contribution in [1.29, 1.82) is 10.5 Å². The van der Waals surface area contributed by atoms with Crippen molar-refractivity contribution in [3.05, 3.63) is 35.4 Å². The summed E-state index contributed by atoms with van der Waals surface area (Å²) in [5.41, 5.74) is 2.30. The summed E-state index contributed by atoms with van der Waals surface area (Å²) in [7, 11) is 1.78. The zero-order chi connectivity index (χ0) is 11.3. The van der Waals surface area contributed by atoms with Gasteiger partial charge in [-0.3, -0.25) is 4.90 Å². The van der Waals surface area contributed by atoms with Gasteiger partial charge < -0.3 is 0 Å². The molecular formula is C12H13N3. The van der Waals surface area contributed by atoms with E-state index >= 15 is 0 Å². The predicted octanol–water partition coefficient (Wildman–Crippen LogP) is 1.84. The Morgan fingerprint density at radius 1 is 1.33 bits per heavy atom. The smallest absolute Gasteiger partial charge is 0.186 e. The molecule has 0 aliphatic rings. The van der Waals surface area contributed by atoms with Gasteiger partial charge in [0.1, 0.15) is 0 Å². The first-order valence-electron chi connectivity index (χ1n) is 4.72. The normalized spacial score (nSPS) is 10.0. The highest BCUT2D eigenvalue weighted by molar-refractivity contribution is 5.22. The first-order valence-corrected chi connectivity index (χ1v) is 4.72. The van der Waals surface area contributed by atoms with Crippen LogP contribution in [0, 0.1) is 29.6 Å². The molecule has 0 aromatic heterocycles. The Kier molecular flexibility index (Phi) is 3.85. The molecule has 1 rings (SSSR count). The molecule has 0 aliphatic carbocycles. The summed E-state index contributed by atoms with van der Waals surface area (Å²) in [4.78, 5) is 1.73. The average Bonchev–Trinajstić information content (AvgIpc) is 2.19. The first kappa shape index (κ1) is 11.2. The molecule has 0 atom stereocenters. The fraction of sp³-hybridized carbons (Fsp3) is 0.333. The second kappa shape index (κ2) is 5.14. The fourth-order valence-electron chi connectivity index (χ4n) is 1.42. The van der Waals surface area contributed by atoms with Crippen LogP contribution in [0.3, 0.4) is 0 Å². The van der Waals surface area contributed by atoms with E-state index in [1.54, 1.807) is 11.9 Å². The van der Waals surface area contributed by atoms with Gasteiger partial charge in [0.15, 0.2) is 6.04 Å². The van der Waals surface area contributed by atoms with Gasteiger partial charge in [-0.15, -0.1) is 0 Å². The van der Waals surface area contributed by atoms with Gasteiger partial charge in [0.05, 0.1) is 12.1 Å². The number of hydrogen-bond donors (Lipinski definition) is 0. The van der Waals surface area contributed by atoms with E-state index in [1.807, 2.05) is 37.3 Å². The van der Waals surface area contributed by atoms with E-state index in [1.165, 1.54) is 5.56 Å². The van der Waals surface area contributed by atoms with Crippen LogP contribution in [0.15, 0.2) is 24.3 Å². The molecule has 76 valence electrons. The van der Waals surface area contributed by atoms with Crippen molar-refractivity contribution < 1.29 is 0 Å². The second-order valence-electron chi connectivity index (χ2n) is 3.56. The van der Waals surface area contributed by atoms with Gasteiger partial charge in [-0.25, -0.2) is 0 Å². The number of nitriles is 2. The zero-order valence-electron chi connectivity index (χ0n) is 8.94. The minimum absolute atomic E-state index is 0.619. The molecule has 3 heteroatoms. The van der Waals surface area contributed by atoms with Crippen LogP contribution >= 0.6 is 0 Å². The van der Waals surface area contributed by atoms with Crippen LogP contribution in [-0.2, 0) is 6.54 Å². The summed E-state index contributed by atoms with van der Waals surface area (Å²) in [5, 5.41) is 17.4. The predicted molar refractivity (Wildman–Crippen MR) is 57.7 cm³/mol. The first-order chi connectivity index (χ1) is 7.17. The SMILES string of the molecule is Cc1cccc(CN(C)C(C#N)C#N)c1. The number of benzene rings is 1. The molecule has 3 nitrogen and oxygen atoms in total. The van der Waals surface area contributed by atoms with Gasteiger partial charge >= 0.3 is 0 Å². The van der Waals surface area contributed by atoms with Crippen LogP contribution in [0.25, 0.3) is 0 Å². The molecule has 0 radical (unpaired) electrons. The quantitative estimate of drug-likeness (QED) is 0.746. The lowest BCUT2D eigenvalue weighted by Gasteiger charge is -2.16. The Morgan fingerprint density at radius 3 is 2.53 bits per heavy atom. The molecule has 0 saturated carbocycles. The highest BCUT2D eigenvalue weighted by Crippen LogP contribution is 2.08. The summed E-state index contributed by atoms with van der Waals surface area (Å²) in [6, 6.07) is 11.3. The third-order valence-corrected chi connectivity index (χ3v) is 2.20. The molecule has 0 fully saturated rings. The fourth-order valence-corrected chi connectivity index (χ4v) is 1.42. The molecule has 1 aromatic rings. The van der Waals surface area contributed by atoms with Crippen LogP contribution in [0.2, 0.25) is 0 Å². The van der Waals surface area contributed by atoms with Gasteiger partial charge in [0, 0.05) is 6.54 Å². The van der Waals surface area contributed by atoms with Crippen LogP contribution < -0.4 is 0 Å². The Morgan fingerprint density at radius 2 is 2.00 bits per heavy atom. The standard InChI is InChI=1S/C12H13N3/c1-10-4-3-5-11(6-10)9-15(2)12(7-13)8-14/h3-6,12H,9H2,1-2H3. The molecule has 0 bridgehead atoms. The number of rotatable bonds is 3. The Hall–Kier alpha value is -1.84. The van der Waals surface area contributed by atoms with E-state index in [9.17, 15) is 0 Å². The maximum absolute atomic E-state index is 8.71. The lowest BCUT2D eigenvalue weighted by Crippen LogP contribution is -2.28. The molecule has 0 saturated heterocycles. The molecule has 0 amide bonds. The van der Waals surface area contributed by atoms with Crippen molar-refractivity contribution >= 4 is 0 Å². The van der Waals surface area contributed by atoms with E-state index in [2.05, 4.69) is 6.07 Å². The molecular weight excluding hydrogens is 186 g/mol. The zero-order valence-corrected chi connectivity index (χ0v) is 8.94. The van der Waals surface area contributed by atoms with Crippen molar-refractivity contribution in [2.45, 2.75) is 19.5 Å². The summed E-state index contributed by atoms with van der Waals surface area (Å²) in [5.74, 6) is 0. The summed E-state index contributed by atoms with van der Waals surface area (Å²) in [6.07, 6.45) is 0. The summed E-state index contributed by atoms with van der Waals surface area (Å²) < 4.78 is 0. The average molecular weight is 199 g/mol. The van der Waals surface area contributed by atoms with Gasteiger partial charge in [-0.05, 0) is 19.5 Å². The molecule has 0 N–H and O–H groups in total. The van der Waals surface area contributed by atoms with Crippen molar-refractivity contribution in [3.63, 3.8) is 0 Å². The Balaban J connectivity index is 2.71. The molecule has 1 aromatic carbocycles. The minimum Gasteiger partial charge on any atom is -0.275 e. The van der Waals surface area contributed by atoms with Crippen LogP contribution in [0.5, 0.6) is 0 Å². The van der Waals surface area contributed by atoms with E-state index in [0.717, 1.165) is 5.56 Å². The third-order valence-electron chi connectivity index (χ3n) is 2.20. The summed E-state index contributed by atoms with van der Waals surface area (Å²) in [6.45, 7) is 2.64. The van der Waals surface area contributed by atoms with Crippen LogP contribution in [-0.4, -0.2) is 18.0 Å². The third kappa shape index (κ3) is 3.09. The van der Waals surface area contributed by atoms with Gasteiger partial charge in [-0.1, -0.05) is 29.8 Å². The molecule has 0 spiro atoms. The van der Waals surface area contributed by atoms with E-state index in [4.69, 9.17) is 10.5 Å². The molecule has 0 unspecified atom stereocenters. The number of hydrogen-bond acceptors (Lipinski definition) is 3. The highest BCUT2D eigenvalue weighted by Gasteiger charge is 2.12. The van der Waals surface area contributed by atoms with Crippen LogP contribution in [0.1, 0.15) is 11.1 Å². The van der Waals surface area contributed by atoms with Gasteiger partial charge in [-0.2, -0.15) is 10.5 Å². The van der Waals surface area contributed by atoms with E-state index in [0.29, 0.717) is 6.54 Å². The topological polar surface area (TPSA) is 50.8 Å². The lowest BCUT2D eigenvalue weighted by molar-refractivity contribution is 0.321. The van der Waals surface area contributed by atoms with E-state index < -0.39 is 6.04 Å². The Labute approximate surface area is 90.2 Å². The lowest BCUT2D eigenvalue weighted by atomic mass is 10.1. The van der Waals surface area contributed by atoms with Crippen molar-refractivity contribution in [3.8, 4) is 12.1 Å². The van der Waals surface area contributed by atoms with Gasteiger partial charge in [0.25, 0.3) is 0 Å². The largest absolute Gasteiger partial charge is 0.275 e. The minimum atomic E-state index is -0.675. The van der Waals surface area contributed by atoms with Crippen molar-refractivity contribution in [1.82, 2.24) is 4.90 Å². The van der Waals surface area contributed by atoms with Gasteiger partial charge in [0.2, 0.25) is 0 Å². The second-order valence-corrected chi connectivity index (χ2v) is 3.56. The maximum atomic E-state index is 8.71. The molecule has 0 heterocycles. The Bertz CT molecular complexity index is 398. The summed E-state index contributed by atoms with van der Waals surface area (Å²) >= 11 is 0.